The predicted octanol–water partition coefficient (Wildman–Crippen LogP) is 2.82. The van der Waals surface area contributed by atoms with Crippen LogP contribution in [0.25, 0.3) is 11.5 Å². The fraction of sp³-hybridized carbons (Fsp3) is 0.429. The zero-order valence-corrected chi connectivity index (χ0v) is 15.0. The van der Waals surface area contributed by atoms with Crippen molar-refractivity contribution in [2.75, 3.05) is 20.1 Å². The Morgan fingerprint density at radius 3 is 2.77 bits per heavy atom. The van der Waals surface area contributed by atoms with E-state index in [4.69, 9.17) is 4.42 Å². The van der Waals surface area contributed by atoms with Crippen molar-refractivity contribution in [1.29, 1.82) is 0 Å². The van der Waals surface area contributed by atoms with Crippen LogP contribution in [-0.2, 0) is 11.2 Å². The molecule has 0 aliphatic rings. The first-order valence-corrected chi connectivity index (χ1v) is 7.55. The number of aromatic nitrogens is 1. The molecule has 0 atom stereocenters. The number of aryl methyl sites for hydroxylation is 1. The number of nitrogens with zero attached hydrogens (tertiary/aromatic N) is 1. The van der Waals surface area contributed by atoms with Gasteiger partial charge in [0.2, 0.25) is 11.8 Å². The number of rotatable bonds is 7. The van der Waals surface area contributed by atoms with Gasteiger partial charge in [0.1, 0.15) is 5.76 Å². The maximum absolute atomic E-state index is 11.8. The van der Waals surface area contributed by atoms with E-state index in [2.05, 4.69) is 15.6 Å². The third-order valence-corrected chi connectivity index (χ3v) is 3.60. The SMILES string of the molecule is CNCCCNC(=O)Cc1nc(-c2ccsc2)oc1C.Cl.Cl. The Hall–Kier alpha value is -1.08. The summed E-state index contributed by atoms with van der Waals surface area (Å²) in [6.45, 7) is 3.41. The van der Waals surface area contributed by atoms with Crippen LogP contribution in [0.4, 0.5) is 0 Å². The van der Waals surface area contributed by atoms with Crippen molar-refractivity contribution in [1.82, 2.24) is 15.6 Å². The molecule has 22 heavy (non-hydrogen) atoms. The standard InChI is InChI=1S/C14H19N3O2S.2ClH/c1-10-12(8-13(18)16-6-3-5-15-2)17-14(19-10)11-4-7-20-9-11;;/h4,7,9,15H,3,5-6,8H2,1-2H3,(H,16,18);2*1H. The van der Waals surface area contributed by atoms with Crippen LogP contribution in [0.15, 0.2) is 21.2 Å². The third-order valence-electron chi connectivity index (χ3n) is 2.91. The van der Waals surface area contributed by atoms with Crippen LogP contribution >= 0.6 is 36.2 Å². The molecule has 0 aliphatic heterocycles. The minimum atomic E-state index is -0.0191. The highest BCUT2D eigenvalue weighted by Gasteiger charge is 2.14. The number of nitrogens with one attached hydrogen (secondary N) is 2. The number of hydrogen-bond donors (Lipinski definition) is 2. The normalized spacial score (nSPS) is 9.73. The molecule has 0 unspecified atom stereocenters. The lowest BCUT2D eigenvalue weighted by molar-refractivity contribution is -0.120. The first-order valence-electron chi connectivity index (χ1n) is 6.61. The van der Waals surface area contributed by atoms with Gasteiger partial charge in [-0.3, -0.25) is 4.79 Å². The van der Waals surface area contributed by atoms with Gasteiger partial charge < -0.3 is 15.1 Å². The molecule has 0 radical (unpaired) electrons. The van der Waals surface area contributed by atoms with Gasteiger partial charge in [0.25, 0.3) is 0 Å². The molecule has 0 fully saturated rings. The molecule has 2 aromatic rings. The van der Waals surface area contributed by atoms with Gasteiger partial charge >= 0.3 is 0 Å². The zero-order valence-electron chi connectivity index (χ0n) is 12.5. The van der Waals surface area contributed by atoms with E-state index >= 15 is 0 Å². The summed E-state index contributed by atoms with van der Waals surface area (Å²) >= 11 is 1.59. The summed E-state index contributed by atoms with van der Waals surface area (Å²) in [5, 5.41) is 9.87. The van der Waals surface area contributed by atoms with Gasteiger partial charge in [-0.1, -0.05) is 0 Å². The smallest absolute Gasteiger partial charge is 0.227 e. The molecule has 0 aromatic carbocycles. The summed E-state index contributed by atoms with van der Waals surface area (Å²) < 4.78 is 5.61. The molecule has 2 rings (SSSR count). The van der Waals surface area contributed by atoms with Gasteiger partial charge in [0.05, 0.1) is 12.1 Å². The summed E-state index contributed by atoms with van der Waals surface area (Å²) in [5.74, 6) is 1.27. The predicted molar refractivity (Wildman–Crippen MR) is 94.3 cm³/mol. The maximum atomic E-state index is 11.8. The second-order valence-corrected chi connectivity index (χ2v) is 5.30. The van der Waals surface area contributed by atoms with E-state index in [-0.39, 0.29) is 37.1 Å². The van der Waals surface area contributed by atoms with E-state index in [0.717, 1.165) is 18.5 Å². The first kappa shape index (κ1) is 20.9. The largest absolute Gasteiger partial charge is 0.441 e. The van der Waals surface area contributed by atoms with Crippen molar-refractivity contribution in [2.45, 2.75) is 19.8 Å². The zero-order chi connectivity index (χ0) is 14.4. The Labute approximate surface area is 146 Å². The van der Waals surface area contributed by atoms with Crippen LogP contribution in [0.5, 0.6) is 0 Å². The molecule has 5 nitrogen and oxygen atoms in total. The quantitative estimate of drug-likeness (QED) is 0.740. The van der Waals surface area contributed by atoms with Crippen molar-refractivity contribution in [2.24, 2.45) is 0 Å². The van der Waals surface area contributed by atoms with E-state index < -0.39 is 0 Å². The molecule has 1 amide bonds. The van der Waals surface area contributed by atoms with E-state index in [1.165, 1.54) is 0 Å². The maximum Gasteiger partial charge on any atom is 0.227 e. The van der Waals surface area contributed by atoms with Gasteiger partial charge in [0.15, 0.2) is 0 Å². The second-order valence-electron chi connectivity index (χ2n) is 4.52. The fourth-order valence-corrected chi connectivity index (χ4v) is 2.44. The van der Waals surface area contributed by atoms with E-state index in [0.29, 0.717) is 23.9 Å². The number of carbonyl (C=O) groups is 1. The molecular formula is C14H21Cl2N3O2S. The lowest BCUT2D eigenvalue weighted by Crippen LogP contribution is -2.28. The summed E-state index contributed by atoms with van der Waals surface area (Å²) in [6.07, 6.45) is 1.18. The van der Waals surface area contributed by atoms with Crippen LogP contribution in [0, 0.1) is 6.92 Å². The molecular weight excluding hydrogens is 345 g/mol. The van der Waals surface area contributed by atoms with E-state index in [1.807, 2.05) is 30.8 Å². The average Bonchev–Trinajstić information content (AvgIpc) is 3.05. The molecule has 0 saturated heterocycles. The van der Waals surface area contributed by atoms with Crippen LogP contribution in [0.2, 0.25) is 0 Å². The number of thiophene rings is 1. The van der Waals surface area contributed by atoms with Crippen molar-refractivity contribution in [3.8, 4) is 11.5 Å². The minimum absolute atomic E-state index is 0. The fourth-order valence-electron chi connectivity index (χ4n) is 1.81. The van der Waals surface area contributed by atoms with Gasteiger partial charge in [-0.25, -0.2) is 4.98 Å². The monoisotopic (exact) mass is 365 g/mol. The lowest BCUT2D eigenvalue weighted by atomic mass is 10.2. The molecule has 0 bridgehead atoms. The summed E-state index contributed by atoms with van der Waals surface area (Å²) in [7, 11) is 1.90. The topological polar surface area (TPSA) is 67.2 Å². The van der Waals surface area contributed by atoms with Gasteiger partial charge in [-0.15, -0.1) is 24.8 Å². The molecule has 0 spiro atoms. The van der Waals surface area contributed by atoms with Crippen molar-refractivity contribution < 1.29 is 9.21 Å². The first-order chi connectivity index (χ1) is 9.70. The van der Waals surface area contributed by atoms with E-state index in [9.17, 15) is 4.79 Å². The highest BCUT2D eigenvalue weighted by atomic mass is 35.5. The summed E-state index contributed by atoms with van der Waals surface area (Å²) in [5.41, 5.74) is 1.66. The Bertz CT molecular complexity index is 558. The molecule has 2 aromatic heterocycles. The van der Waals surface area contributed by atoms with Gasteiger partial charge in [-0.2, -0.15) is 11.3 Å². The van der Waals surface area contributed by atoms with Crippen LogP contribution < -0.4 is 10.6 Å². The lowest BCUT2D eigenvalue weighted by Gasteiger charge is -2.03. The number of carbonyl (C=O) groups excluding carboxylic acids is 1. The number of halogens is 2. The van der Waals surface area contributed by atoms with Gasteiger partial charge in [-0.05, 0) is 38.4 Å². The Morgan fingerprint density at radius 2 is 2.14 bits per heavy atom. The highest BCUT2D eigenvalue weighted by molar-refractivity contribution is 7.08. The number of hydrogen-bond acceptors (Lipinski definition) is 5. The third kappa shape index (κ3) is 5.96. The molecule has 2 heterocycles. The van der Waals surface area contributed by atoms with Crippen LogP contribution in [0.3, 0.4) is 0 Å². The molecule has 8 heteroatoms. The Balaban J connectivity index is 0.00000220. The summed E-state index contributed by atoms with van der Waals surface area (Å²) in [6, 6.07) is 1.96. The number of amides is 1. The Kier molecular flexibility index (Phi) is 10.1. The summed E-state index contributed by atoms with van der Waals surface area (Å²) in [4.78, 5) is 16.2. The average molecular weight is 366 g/mol. The minimum Gasteiger partial charge on any atom is -0.441 e. The molecule has 0 saturated carbocycles. The molecule has 0 aliphatic carbocycles. The van der Waals surface area contributed by atoms with Gasteiger partial charge in [0, 0.05) is 17.5 Å². The van der Waals surface area contributed by atoms with Crippen molar-refractivity contribution in [3.05, 3.63) is 28.3 Å². The highest BCUT2D eigenvalue weighted by Crippen LogP contribution is 2.23. The second kappa shape index (κ2) is 10.6. The van der Waals surface area contributed by atoms with Crippen molar-refractivity contribution >= 4 is 42.1 Å². The van der Waals surface area contributed by atoms with Crippen molar-refractivity contribution in [3.63, 3.8) is 0 Å². The van der Waals surface area contributed by atoms with Crippen LogP contribution in [0.1, 0.15) is 17.9 Å². The van der Waals surface area contributed by atoms with E-state index in [1.54, 1.807) is 11.3 Å². The Morgan fingerprint density at radius 1 is 1.36 bits per heavy atom. The molecule has 2 N–H and O–H groups in total. The molecule has 124 valence electrons. The van der Waals surface area contributed by atoms with Crippen LogP contribution in [-0.4, -0.2) is 31.0 Å². The number of oxazole rings is 1.